The van der Waals surface area contributed by atoms with Crippen LogP contribution in [0, 0.1) is 0 Å². The maximum Gasteiger partial charge on any atom is 0.116 e. The largest absolute Gasteiger partial charge is 0.244 e. The Labute approximate surface area is 113 Å². The molecule has 0 N–H and O–H groups in total. The summed E-state index contributed by atoms with van der Waals surface area (Å²) in [5, 5.41) is 1.08. The summed E-state index contributed by atoms with van der Waals surface area (Å²) in [5.41, 5.74) is 4.87. The predicted molar refractivity (Wildman–Crippen MR) is 79.1 cm³/mol. The Balaban J connectivity index is 2.19. The Hall–Kier alpha value is -2.22. The average Bonchev–Trinajstić information content (AvgIpc) is 2.46. The van der Waals surface area contributed by atoms with Crippen molar-refractivity contribution in [2.45, 2.75) is 19.8 Å². The van der Waals surface area contributed by atoms with Gasteiger partial charge < -0.3 is 0 Å². The third-order valence-electron chi connectivity index (χ3n) is 3.40. The van der Waals surface area contributed by atoms with Gasteiger partial charge in [0.2, 0.25) is 0 Å². The maximum absolute atomic E-state index is 4.33. The Morgan fingerprint density at radius 2 is 1.84 bits per heavy atom. The van der Waals surface area contributed by atoms with Crippen molar-refractivity contribution in [2.24, 2.45) is 0 Å². The molecular formula is C17H16N2. The van der Waals surface area contributed by atoms with Crippen LogP contribution in [0.4, 0.5) is 0 Å². The van der Waals surface area contributed by atoms with Crippen LogP contribution < -0.4 is 0 Å². The highest BCUT2D eigenvalue weighted by Crippen LogP contribution is 2.30. The van der Waals surface area contributed by atoms with Crippen LogP contribution in [0.5, 0.6) is 0 Å². The first-order valence-corrected chi connectivity index (χ1v) is 6.55. The summed E-state index contributed by atoms with van der Waals surface area (Å²) in [6, 6.07) is 14.9. The topological polar surface area (TPSA) is 25.8 Å². The fraction of sp³-hybridized carbons (Fsp3) is 0.176. The van der Waals surface area contributed by atoms with E-state index in [0.717, 1.165) is 10.9 Å². The molecule has 0 amide bonds. The molecule has 2 aromatic carbocycles. The first-order chi connectivity index (χ1) is 9.25. The van der Waals surface area contributed by atoms with Gasteiger partial charge in [0, 0.05) is 11.6 Å². The number of benzene rings is 2. The first-order valence-electron chi connectivity index (χ1n) is 6.55. The maximum atomic E-state index is 4.33. The zero-order chi connectivity index (χ0) is 13.2. The van der Waals surface area contributed by atoms with Crippen molar-refractivity contribution in [3.05, 3.63) is 60.6 Å². The van der Waals surface area contributed by atoms with Crippen molar-refractivity contribution < 1.29 is 0 Å². The second-order valence-corrected chi connectivity index (χ2v) is 5.04. The summed E-state index contributed by atoms with van der Waals surface area (Å²) in [6.45, 7) is 4.45. The fourth-order valence-electron chi connectivity index (χ4n) is 2.40. The van der Waals surface area contributed by atoms with Crippen LogP contribution in [0.1, 0.15) is 25.3 Å². The quantitative estimate of drug-likeness (QED) is 0.671. The summed E-state index contributed by atoms with van der Waals surface area (Å²) >= 11 is 0. The second kappa shape index (κ2) is 4.81. The van der Waals surface area contributed by atoms with Gasteiger partial charge in [0.15, 0.2) is 0 Å². The summed E-state index contributed by atoms with van der Waals surface area (Å²) in [4.78, 5) is 8.38. The number of aromatic nitrogens is 2. The molecule has 3 aromatic rings. The van der Waals surface area contributed by atoms with Gasteiger partial charge in [-0.3, -0.25) is 0 Å². The Morgan fingerprint density at radius 1 is 1.00 bits per heavy atom. The minimum absolute atomic E-state index is 0.511. The molecule has 1 aromatic heterocycles. The number of rotatable bonds is 2. The third-order valence-corrected chi connectivity index (χ3v) is 3.40. The van der Waals surface area contributed by atoms with Crippen molar-refractivity contribution in [3.8, 4) is 11.1 Å². The highest BCUT2D eigenvalue weighted by atomic mass is 14.8. The molecule has 0 bridgehead atoms. The Kier molecular flexibility index (Phi) is 3.00. The van der Waals surface area contributed by atoms with Crippen molar-refractivity contribution in [1.29, 1.82) is 0 Å². The molecule has 0 saturated heterocycles. The van der Waals surface area contributed by atoms with Crippen LogP contribution in [0.3, 0.4) is 0 Å². The van der Waals surface area contributed by atoms with Crippen LogP contribution in [0.15, 0.2) is 55.0 Å². The number of fused-ring (bicyclic) bond motifs is 1. The van der Waals surface area contributed by atoms with Crippen LogP contribution in [0.25, 0.3) is 22.0 Å². The van der Waals surface area contributed by atoms with Crippen molar-refractivity contribution in [3.63, 3.8) is 0 Å². The molecule has 2 heteroatoms. The highest BCUT2D eigenvalue weighted by Gasteiger charge is 2.08. The van der Waals surface area contributed by atoms with E-state index in [4.69, 9.17) is 0 Å². The summed E-state index contributed by atoms with van der Waals surface area (Å²) in [5.74, 6) is 0.511. The molecule has 0 unspecified atom stereocenters. The molecule has 0 atom stereocenters. The van der Waals surface area contributed by atoms with Crippen LogP contribution in [-0.4, -0.2) is 9.97 Å². The SMILES string of the molecule is CC(C)c1ccccc1-c1ccc2cncnc2c1. The van der Waals surface area contributed by atoms with E-state index in [1.807, 2.05) is 6.20 Å². The Bertz CT molecular complexity index is 717. The standard InChI is InChI=1S/C17H16N2/c1-12(2)15-5-3-4-6-16(15)13-7-8-14-10-18-11-19-17(14)9-13/h3-12H,1-2H3. The zero-order valence-corrected chi connectivity index (χ0v) is 11.2. The van der Waals surface area contributed by atoms with Crippen LogP contribution in [-0.2, 0) is 0 Å². The minimum atomic E-state index is 0.511. The van der Waals surface area contributed by atoms with Gasteiger partial charge in [0.25, 0.3) is 0 Å². The van der Waals surface area contributed by atoms with E-state index in [2.05, 4.69) is 66.3 Å². The van der Waals surface area contributed by atoms with E-state index in [0.29, 0.717) is 5.92 Å². The van der Waals surface area contributed by atoms with Gasteiger partial charge >= 0.3 is 0 Å². The highest BCUT2D eigenvalue weighted by molar-refractivity contribution is 5.84. The van der Waals surface area contributed by atoms with E-state index in [-0.39, 0.29) is 0 Å². The molecule has 0 aliphatic heterocycles. The van der Waals surface area contributed by atoms with Gasteiger partial charge in [-0.1, -0.05) is 50.2 Å². The normalized spacial score (nSPS) is 11.1. The summed E-state index contributed by atoms with van der Waals surface area (Å²) < 4.78 is 0. The van der Waals surface area contributed by atoms with Gasteiger partial charge in [0.05, 0.1) is 5.52 Å². The lowest BCUT2D eigenvalue weighted by molar-refractivity contribution is 0.869. The molecule has 0 radical (unpaired) electrons. The monoisotopic (exact) mass is 248 g/mol. The smallest absolute Gasteiger partial charge is 0.116 e. The molecule has 0 spiro atoms. The molecule has 0 fully saturated rings. The second-order valence-electron chi connectivity index (χ2n) is 5.04. The molecule has 0 saturated carbocycles. The van der Waals surface area contributed by atoms with Gasteiger partial charge in [-0.05, 0) is 28.7 Å². The van der Waals surface area contributed by atoms with Gasteiger partial charge in [-0.2, -0.15) is 0 Å². The van der Waals surface area contributed by atoms with E-state index in [1.165, 1.54) is 16.7 Å². The third kappa shape index (κ3) is 2.22. The lowest BCUT2D eigenvalue weighted by Crippen LogP contribution is -1.92. The van der Waals surface area contributed by atoms with Gasteiger partial charge in [-0.25, -0.2) is 9.97 Å². The number of nitrogens with zero attached hydrogens (tertiary/aromatic N) is 2. The predicted octanol–water partition coefficient (Wildman–Crippen LogP) is 4.42. The number of hydrogen-bond acceptors (Lipinski definition) is 2. The van der Waals surface area contributed by atoms with Crippen LogP contribution >= 0.6 is 0 Å². The van der Waals surface area contributed by atoms with Crippen molar-refractivity contribution >= 4 is 10.9 Å². The first kappa shape index (κ1) is 11.8. The summed E-state index contributed by atoms with van der Waals surface area (Å²) in [6.07, 6.45) is 3.45. The molecule has 3 rings (SSSR count). The molecule has 19 heavy (non-hydrogen) atoms. The average molecular weight is 248 g/mol. The van der Waals surface area contributed by atoms with Gasteiger partial charge in [0.1, 0.15) is 6.33 Å². The van der Waals surface area contributed by atoms with Gasteiger partial charge in [-0.15, -0.1) is 0 Å². The van der Waals surface area contributed by atoms with Crippen molar-refractivity contribution in [2.75, 3.05) is 0 Å². The van der Waals surface area contributed by atoms with Crippen molar-refractivity contribution in [1.82, 2.24) is 9.97 Å². The van der Waals surface area contributed by atoms with E-state index in [9.17, 15) is 0 Å². The van der Waals surface area contributed by atoms with E-state index >= 15 is 0 Å². The molecule has 1 heterocycles. The lowest BCUT2D eigenvalue weighted by Gasteiger charge is -2.13. The number of hydrogen-bond donors (Lipinski definition) is 0. The minimum Gasteiger partial charge on any atom is -0.244 e. The van der Waals surface area contributed by atoms with E-state index < -0.39 is 0 Å². The molecule has 0 aliphatic rings. The molecule has 2 nitrogen and oxygen atoms in total. The fourth-order valence-corrected chi connectivity index (χ4v) is 2.40. The van der Waals surface area contributed by atoms with Crippen LogP contribution in [0.2, 0.25) is 0 Å². The molecular weight excluding hydrogens is 232 g/mol. The molecule has 94 valence electrons. The summed E-state index contributed by atoms with van der Waals surface area (Å²) in [7, 11) is 0. The lowest BCUT2D eigenvalue weighted by atomic mass is 9.92. The van der Waals surface area contributed by atoms with E-state index in [1.54, 1.807) is 6.33 Å². The molecule has 0 aliphatic carbocycles. The zero-order valence-electron chi connectivity index (χ0n) is 11.2. The Morgan fingerprint density at radius 3 is 2.68 bits per heavy atom.